The summed E-state index contributed by atoms with van der Waals surface area (Å²) in [6.45, 7) is 1.85. The van der Waals surface area contributed by atoms with Gasteiger partial charge in [-0.15, -0.1) is 0 Å². The maximum Gasteiger partial charge on any atom is 0.266 e. The molecule has 0 radical (unpaired) electrons. The molecule has 154 valence electrons. The van der Waals surface area contributed by atoms with Crippen molar-refractivity contribution in [2.24, 2.45) is 0 Å². The summed E-state index contributed by atoms with van der Waals surface area (Å²) >= 11 is 6.56. The van der Waals surface area contributed by atoms with Crippen molar-refractivity contribution in [3.05, 3.63) is 94.9 Å². The minimum Gasteiger partial charge on any atom is -0.325 e. The number of carbonyl (C=O) groups is 2. The lowest BCUT2D eigenvalue weighted by atomic mass is 10.0. The summed E-state index contributed by atoms with van der Waals surface area (Å²) in [5.41, 5.74) is 4.90. The molecule has 1 aliphatic heterocycles. The number of hydrogen-bond donors (Lipinski definition) is 1. The van der Waals surface area contributed by atoms with Crippen LogP contribution in [0.3, 0.4) is 0 Å². The van der Waals surface area contributed by atoms with E-state index in [-0.39, 0.29) is 18.4 Å². The highest BCUT2D eigenvalue weighted by Gasteiger charge is 2.33. The molecule has 0 atom stereocenters. The van der Waals surface area contributed by atoms with Crippen LogP contribution in [0.15, 0.2) is 83.8 Å². The monoisotopic (exact) mass is 444 g/mol. The Kier molecular flexibility index (Phi) is 6.30. The molecule has 31 heavy (non-hydrogen) atoms. The predicted octanol–water partition coefficient (Wildman–Crippen LogP) is 5.50. The molecule has 1 fully saturated rings. The lowest BCUT2D eigenvalue weighted by Gasteiger charge is -2.14. The van der Waals surface area contributed by atoms with E-state index in [0.717, 1.165) is 22.3 Å². The van der Waals surface area contributed by atoms with Crippen molar-refractivity contribution in [2.45, 2.75) is 6.92 Å². The van der Waals surface area contributed by atoms with Gasteiger partial charge in [0.05, 0.1) is 4.91 Å². The number of nitrogens with one attached hydrogen (secondary N) is 1. The third-order valence-corrected chi connectivity index (χ3v) is 6.17. The summed E-state index contributed by atoms with van der Waals surface area (Å²) in [5, 5.41) is 2.82. The highest BCUT2D eigenvalue weighted by atomic mass is 32.2. The van der Waals surface area contributed by atoms with Crippen LogP contribution < -0.4 is 5.32 Å². The van der Waals surface area contributed by atoms with E-state index in [1.807, 2.05) is 79.7 Å². The maximum atomic E-state index is 12.8. The van der Waals surface area contributed by atoms with Gasteiger partial charge in [0.2, 0.25) is 5.91 Å². The summed E-state index contributed by atoms with van der Waals surface area (Å²) in [7, 11) is 0. The molecule has 1 saturated heterocycles. The number of benzene rings is 3. The molecule has 0 aromatic heterocycles. The van der Waals surface area contributed by atoms with Gasteiger partial charge < -0.3 is 5.32 Å². The standard InChI is InChI=1S/C25H20N2O2S2/c1-17-6-5-9-21(14-17)26-23(28)16-27-24(29)22(31-25(27)30)15-18-10-12-20(13-11-18)19-7-3-2-4-8-19/h2-15H,16H2,1H3,(H,26,28)/b22-15-. The first-order chi connectivity index (χ1) is 15.0. The fourth-order valence-corrected chi connectivity index (χ4v) is 4.51. The van der Waals surface area contributed by atoms with Gasteiger partial charge in [-0.05, 0) is 47.4 Å². The normalized spacial score (nSPS) is 14.9. The predicted molar refractivity (Wildman–Crippen MR) is 132 cm³/mol. The van der Waals surface area contributed by atoms with E-state index in [1.165, 1.54) is 16.7 Å². The zero-order valence-electron chi connectivity index (χ0n) is 16.9. The SMILES string of the molecule is Cc1cccc(NC(=O)CN2C(=O)/C(=C/c3ccc(-c4ccccc4)cc3)SC2=S)c1. The highest BCUT2D eigenvalue weighted by molar-refractivity contribution is 8.26. The van der Waals surface area contributed by atoms with E-state index in [0.29, 0.717) is 14.9 Å². The minimum absolute atomic E-state index is 0.108. The Balaban J connectivity index is 1.44. The molecular weight excluding hydrogens is 424 g/mol. The van der Waals surface area contributed by atoms with Crippen LogP contribution in [-0.2, 0) is 9.59 Å². The van der Waals surface area contributed by atoms with Crippen LogP contribution in [0, 0.1) is 6.92 Å². The number of thioether (sulfide) groups is 1. The average molecular weight is 445 g/mol. The fraction of sp³-hybridized carbons (Fsp3) is 0.0800. The van der Waals surface area contributed by atoms with Crippen LogP contribution in [0.2, 0.25) is 0 Å². The van der Waals surface area contributed by atoms with Crippen molar-refractivity contribution in [1.82, 2.24) is 4.90 Å². The van der Waals surface area contributed by atoms with Gasteiger partial charge in [-0.25, -0.2) is 0 Å². The summed E-state index contributed by atoms with van der Waals surface area (Å²) in [6, 6.07) is 25.6. The van der Waals surface area contributed by atoms with E-state index in [9.17, 15) is 9.59 Å². The van der Waals surface area contributed by atoms with E-state index in [4.69, 9.17) is 12.2 Å². The zero-order valence-corrected chi connectivity index (χ0v) is 18.5. The van der Waals surface area contributed by atoms with Crippen molar-refractivity contribution in [1.29, 1.82) is 0 Å². The highest BCUT2D eigenvalue weighted by Crippen LogP contribution is 2.32. The number of rotatable bonds is 5. The lowest BCUT2D eigenvalue weighted by Crippen LogP contribution is -2.36. The van der Waals surface area contributed by atoms with Crippen LogP contribution in [0.1, 0.15) is 11.1 Å². The number of anilines is 1. The smallest absolute Gasteiger partial charge is 0.266 e. The third kappa shape index (κ3) is 5.10. The Morgan fingerprint density at radius 2 is 1.71 bits per heavy atom. The summed E-state index contributed by atoms with van der Waals surface area (Å²) < 4.78 is 0.386. The fourth-order valence-electron chi connectivity index (χ4n) is 3.26. The Hall–Kier alpha value is -3.22. The minimum atomic E-state index is -0.282. The molecule has 0 aliphatic carbocycles. The molecule has 4 rings (SSSR count). The summed E-state index contributed by atoms with van der Waals surface area (Å²) in [4.78, 5) is 27.1. The topological polar surface area (TPSA) is 49.4 Å². The molecule has 4 nitrogen and oxygen atoms in total. The Labute approximate surface area is 191 Å². The van der Waals surface area contributed by atoms with E-state index in [2.05, 4.69) is 17.4 Å². The second-order valence-electron chi connectivity index (χ2n) is 7.17. The Morgan fingerprint density at radius 1 is 1.00 bits per heavy atom. The van der Waals surface area contributed by atoms with Crippen molar-refractivity contribution in [3.63, 3.8) is 0 Å². The zero-order chi connectivity index (χ0) is 21.8. The van der Waals surface area contributed by atoms with E-state index in [1.54, 1.807) is 0 Å². The van der Waals surface area contributed by atoms with Gasteiger partial charge in [0.25, 0.3) is 5.91 Å². The molecule has 6 heteroatoms. The van der Waals surface area contributed by atoms with E-state index >= 15 is 0 Å². The first kappa shape index (κ1) is 21.0. The van der Waals surface area contributed by atoms with Gasteiger partial charge in [0.1, 0.15) is 10.9 Å². The van der Waals surface area contributed by atoms with Crippen LogP contribution >= 0.6 is 24.0 Å². The summed E-state index contributed by atoms with van der Waals surface area (Å²) in [5.74, 6) is -0.531. The van der Waals surface area contributed by atoms with Crippen LogP contribution in [0.25, 0.3) is 17.2 Å². The molecular formula is C25H20N2O2S2. The lowest BCUT2D eigenvalue weighted by molar-refractivity contribution is -0.126. The molecule has 1 heterocycles. The van der Waals surface area contributed by atoms with Crippen molar-refractivity contribution in [2.75, 3.05) is 11.9 Å². The maximum absolute atomic E-state index is 12.8. The molecule has 1 N–H and O–H groups in total. The molecule has 3 aromatic carbocycles. The average Bonchev–Trinajstić information content (AvgIpc) is 3.02. The quantitative estimate of drug-likeness (QED) is 0.417. The molecule has 0 unspecified atom stereocenters. The number of hydrogen-bond acceptors (Lipinski definition) is 4. The van der Waals surface area contributed by atoms with Crippen LogP contribution in [0.5, 0.6) is 0 Å². The van der Waals surface area contributed by atoms with E-state index < -0.39 is 0 Å². The van der Waals surface area contributed by atoms with Crippen LogP contribution in [0.4, 0.5) is 5.69 Å². The van der Waals surface area contributed by atoms with Gasteiger partial charge in [-0.1, -0.05) is 90.7 Å². The largest absolute Gasteiger partial charge is 0.325 e. The second kappa shape index (κ2) is 9.29. The number of carbonyl (C=O) groups excluding carboxylic acids is 2. The van der Waals surface area contributed by atoms with Gasteiger partial charge in [0.15, 0.2) is 0 Å². The molecule has 2 amide bonds. The first-order valence-corrected chi connectivity index (χ1v) is 11.0. The van der Waals surface area contributed by atoms with Crippen molar-refractivity contribution < 1.29 is 9.59 Å². The molecule has 3 aromatic rings. The van der Waals surface area contributed by atoms with Gasteiger partial charge in [0, 0.05) is 5.69 Å². The van der Waals surface area contributed by atoms with Gasteiger partial charge in [-0.3, -0.25) is 14.5 Å². The van der Waals surface area contributed by atoms with Crippen molar-refractivity contribution >= 4 is 51.9 Å². The number of aryl methyl sites for hydroxylation is 1. The summed E-state index contributed by atoms with van der Waals surface area (Å²) in [6.07, 6.45) is 1.81. The van der Waals surface area contributed by atoms with Gasteiger partial charge in [-0.2, -0.15) is 0 Å². The van der Waals surface area contributed by atoms with Crippen LogP contribution in [-0.4, -0.2) is 27.6 Å². The molecule has 0 spiro atoms. The number of amides is 2. The first-order valence-electron chi connectivity index (χ1n) is 9.77. The Bertz CT molecular complexity index is 1170. The number of thiocarbonyl (C=S) groups is 1. The molecule has 0 bridgehead atoms. The van der Waals surface area contributed by atoms with Crippen molar-refractivity contribution in [3.8, 4) is 11.1 Å². The third-order valence-electron chi connectivity index (χ3n) is 4.79. The molecule has 1 aliphatic rings. The Morgan fingerprint density at radius 3 is 2.42 bits per heavy atom. The van der Waals surface area contributed by atoms with Gasteiger partial charge >= 0.3 is 0 Å². The second-order valence-corrected chi connectivity index (χ2v) is 8.85. The number of nitrogens with zero attached hydrogens (tertiary/aromatic N) is 1. The molecule has 0 saturated carbocycles.